The van der Waals surface area contributed by atoms with Crippen LogP contribution in [0.5, 0.6) is 0 Å². The maximum absolute atomic E-state index is 12.5. The van der Waals surface area contributed by atoms with Crippen molar-refractivity contribution in [1.82, 2.24) is 14.3 Å². The van der Waals surface area contributed by atoms with Crippen LogP contribution in [0.15, 0.2) is 50.8 Å². The fourth-order valence-corrected chi connectivity index (χ4v) is 5.25. The molecule has 1 aromatic carbocycles. The molecule has 0 spiro atoms. The first-order valence-corrected chi connectivity index (χ1v) is 11.6. The monoisotopic (exact) mass is 437 g/mol. The summed E-state index contributed by atoms with van der Waals surface area (Å²) in [4.78, 5) is 27.3. The molecule has 0 radical (unpaired) electrons. The molecule has 0 aliphatic rings. The topological polar surface area (TPSA) is 110 Å². The van der Waals surface area contributed by atoms with Crippen LogP contribution >= 0.6 is 11.3 Å². The number of carbonyl (C=O) groups is 1. The molecule has 156 valence electrons. The van der Waals surface area contributed by atoms with Gasteiger partial charge in [0, 0.05) is 6.54 Å². The van der Waals surface area contributed by atoms with Crippen LogP contribution in [0.2, 0.25) is 0 Å². The molecule has 0 aliphatic carbocycles. The van der Waals surface area contributed by atoms with Crippen molar-refractivity contribution in [3.8, 4) is 0 Å². The van der Waals surface area contributed by atoms with Gasteiger partial charge in [0.1, 0.15) is 10.3 Å². The number of para-hydroxylation sites is 2. The van der Waals surface area contributed by atoms with Crippen LogP contribution in [-0.2, 0) is 26.1 Å². The predicted octanol–water partition coefficient (Wildman–Crippen LogP) is 2.33. The Balaban J connectivity index is 1.58. The molecule has 0 saturated carbocycles. The average molecular weight is 438 g/mol. The molecule has 1 atom stereocenters. The van der Waals surface area contributed by atoms with E-state index >= 15 is 0 Å². The number of aryl methyl sites for hydroxylation is 1. The van der Waals surface area contributed by atoms with E-state index in [1.807, 2.05) is 24.3 Å². The first kappa shape index (κ1) is 21.3. The van der Waals surface area contributed by atoms with Crippen LogP contribution in [0.3, 0.4) is 0 Å². The zero-order chi connectivity index (χ0) is 21.0. The molecule has 29 heavy (non-hydrogen) atoms. The summed E-state index contributed by atoms with van der Waals surface area (Å²) in [5.41, 5.74) is 1.31. The third kappa shape index (κ3) is 4.95. The number of aromatic nitrogens is 2. The molecule has 0 bridgehead atoms. The van der Waals surface area contributed by atoms with Crippen molar-refractivity contribution < 1.29 is 17.9 Å². The van der Waals surface area contributed by atoms with Gasteiger partial charge in [-0.1, -0.05) is 32.0 Å². The van der Waals surface area contributed by atoms with Crippen molar-refractivity contribution >= 4 is 38.4 Å². The summed E-state index contributed by atoms with van der Waals surface area (Å²) in [5.74, 6) is -0.917. The lowest BCUT2D eigenvalue weighted by molar-refractivity contribution is -0.147. The Hall–Kier alpha value is -2.43. The standard InChI is InChI=1S/C19H23N3O5S2/c1-13(2)17(21-29(25,26)16-9-5-12-28-16)18(23)27-11-6-10-22-15-8-4-3-7-14(15)20-19(22)24/h3-5,7-9,12-13,17,21H,6,10-11H2,1-2H3,(H,20,24). The smallest absolute Gasteiger partial charge is 0.326 e. The van der Waals surface area contributed by atoms with Gasteiger partial charge in [0.05, 0.1) is 17.6 Å². The third-order valence-corrected chi connectivity index (χ3v) is 7.25. The number of aromatic amines is 1. The average Bonchev–Trinajstić information content (AvgIpc) is 3.31. The Morgan fingerprint density at radius 3 is 2.69 bits per heavy atom. The molecule has 0 amide bonds. The Kier molecular flexibility index (Phi) is 6.56. The molecule has 0 aliphatic heterocycles. The van der Waals surface area contributed by atoms with Gasteiger partial charge in [-0.2, -0.15) is 4.72 Å². The fraction of sp³-hybridized carbons (Fsp3) is 0.368. The molecule has 10 heteroatoms. The highest BCUT2D eigenvalue weighted by Gasteiger charge is 2.30. The van der Waals surface area contributed by atoms with Gasteiger partial charge < -0.3 is 9.72 Å². The molecule has 0 fully saturated rings. The first-order valence-electron chi connectivity index (χ1n) is 9.19. The highest BCUT2D eigenvalue weighted by molar-refractivity contribution is 7.91. The van der Waals surface area contributed by atoms with Gasteiger partial charge in [0.2, 0.25) is 0 Å². The second-order valence-electron chi connectivity index (χ2n) is 6.90. The van der Waals surface area contributed by atoms with Gasteiger partial charge in [-0.25, -0.2) is 13.2 Å². The normalized spacial score (nSPS) is 13.1. The number of ether oxygens (including phenoxy) is 1. The number of benzene rings is 1. The maximum Gasteiger partial charge on any atom is 0.326 e. The maximum atomic E-state index is 12.5. The molecule has 2 heterocycles. The molecular formula is C19H23N3O5S2. The van der Waals surface area contributed by atoms with Crippen molar-refractivity contribution in [2.24, 2.45) is 5.92 Å². The van der Waals surface area contributed by atoms with Gasteiger partial charge in [-0.15, -0.1) is 11.3 Å². The molecule has 2 aromatic heterocycles. The molecule has 1 unspecified atom stereocenters. The Morgan fingerprint density at radius 1 is 1.24 bits per heavy atom. The number of sulfonamides is 1. The summed E-state index contributed by atoms with van der Waals surface area (Å²) < 4.78 is 34.3. The van der Waals surface area contributed by atoms with Gasteiger partial charge in [0.15, 0.2) is 0 Å². The van der Waals surface area contributed by atoms with E-state index < -0.39 is 22.0 Å². The Bertz CT molecular complexity index is 1130. The minimum absolute atomic E-state index is 0.0781. The van der Waals surface area contributed by atoms with E-state index in [-0.39, 0.29) is 22.4 Å². The number of rotatable bonds is 9. The Morgan fingerprint density at radius 2 is 2.00 bits per heavy atom. The number of carbonyl (C=O) groups excluding carboxylic acids is 1. The van der Waals surface area contributed by atoms with E-state index in [0.717, 1.165) is 22.4 Å². The second-order valence-corrected chi connectivity index (χ2v) is 9.78. The van der Waals surface area contributed by atoms with Crippen molar-refractivity contribution in [2.75, 3.05) is 6.61 Å². The van der Waals surface area contributed by atoms with Crippen molar-refractivity contribution in [3.63, 3.8) is 0 Å². The van der Waals surface area contributed by atoms with Crippen molar-refractivity contribution in [2.45, 2.75) is 37.1 Å². The number of esters is 1. The summed E-state index contributed by atoms with van der Waals surface area (Å²) in [7, 11) is -3.78. The van der Waals surface area contributed by atoms with E-state index in [1.165, 1.54) is 6.07 Å². The lowest BCUT2D eigenvalue weighted by Gasteiger charge is -2.20. The number of thiophene rings is 1. The van der Waals surface area contributed by atoms with Gasteiger partial charge in [-0.05, 0) is 35.9 Å². The number of nitrogens with zero attached hydrogens (tertiary/aromatic N) is 1. The zero-order valence-corrected chi connectivity index (χ0v) is 17.8. The number of hydrogen-bond acceptors (Lipinski definition) is 6. The fourth-order valence-electron chi connectivity index (χ4n) is 2.91. The van der Waals surface area contributed by atoms with Crippen LogP contribution in [0, 0.1) is 5.92 Å². The van der Waals surface area contributed by atoms with E-state index in [1.54, 1.807) is 29.9 Å². The molecule has 2 N–H and O–H groups in total. The highest BCUT2D eigenvalue weighted by Crippen LogP contribution is 2.18. The minimum Gasteiger partial charge on any atom is -0.464 e. The van der Waals surface area contributed by atoms with Gasteiger partial charge in [0.25, 0.3) is 10.0 Å². The molecule has 3 aromatic rings. The number of hydrogen-bond donors (Lipinski definition) is 2. The summed E-state index contributed by atoms with van der Waals surface area (Å²) in [6.45, 7) is 3.95. The molecule has 3 rings (SSSR count). The van der Waals surface area contributed by atoms with Crippen LogP contribution in [0.25, 0.3) is 11.0 Å². The van der Waals surface area contributed by atoms with Crippen LogP contribution in [-0.4, -0.2) is 36.6 Å². The molecule has 8 nitrogen and oxygen atoms in total. The van der Waals surface area contributed by atoms with Crippen molar-refractivity contribution in [1.29, 1.82) is 0 Å². The van der Waals surface area contributed by atoms with Crippen molar-refractivity contribution in [3.05, 3.63) is 52.3 Å². The number of nitrogens with one attached hydrogen (secondary N) is 2. The largest absolute Gasteiger partial charge is 0.464 e. The van der Waals surface area contributed by atoms with Crippen LogP contribution in [0.4, 0.5) is 0 Å². The van der Waals surface area contributed by atoms with Gasteiger partial charge >= 0.3 is 11.7 Å². The van der Waals surface area contributed by atoms with E-state index in [0.29, 0.717) is 13.0 Å². The highest BCUT2D eigenvalue weighted by atomic mass is 32.2. The Labute approximate surface area is 172 Å². The van der Waals surface area contributed by atoms with E-state index in [4.69, 9.17) is 4.74 Å². The number of imidazole rings is 1. The second kappa shape index (κ2) is 8.93. The minimum atomic E-state index is -3.78. The summed E-state index contributed by atoms with van der Waals surface area (Å²) >= 11 is 1.08. The molecule has 0 saturated heterocycles. The third-order valence-electron chi connectivity index (χ3n) is 4.41. The van der Waals surface area contributed by atoms with E-state index in [9.17, 15) is 18.0 Å². The lowest BCUT2D eigenvalue weighted by Crippen LogP contribution is -2.45. The quantitative estimate of drug-likeness (QED) is 0.394. The summed E-state index contributed by atoms with van der Waals surface area (Å²) in [6, 6.07) is 9.47. The lowest BCUT2D eigenvalue weighted by atomic mass is 10.1. The SMILES string of the molecule is CC(C)C(NS(=O)(=O)c1cccs1)C(=O)OCCCn1c(=O)[nH]c2ccccc21. The zero-order valence-electron chi connectivity index (χ0n) is 16.1. The van der Waals surface area contributed by atoms with Crippen LogP contribution < -0.4 is 10.4 Å². The first-order chi connectivity index (χ1) is 13.8. The van der Waals surface area contributed by atoms with Crippen LogP contribution in [0.1, 0.15) is 20.3 Å². The van der Waals surface area contributed by atoms with E-state index in [2.05, 4.69) is 9.71 Å². The summed E-state index contributed by atoms with van der Waals surface area (Å²) in [5, 5.41) is 1.66. The number of H-pyrrole nitrogens is 1. The van der Waals surface area contributed by atoms with Gasteiger partial charge in [-0.3, -0.25) is 9.36 Å². The number of fused-ring (bicyclic) bond motifs is 1. The molecular weight excluding hydrogens is 414 g/mol. The summed E-state index contributed by atoms with van der Waals surface area (Å²) in [6.07, 6.45) is 0.427. The predicted molar refractivity (Wildman–Crippen MR) is 111 cm³/mol.